The van der Waals surface area contributed by atoms with Crippen molar-refractivity contribution in [3.63, 3.8) is 0 Å². The Hall–Kier alpha value is -1.66. The maximum atomic E-state index is 11.0. The molecule has 0 fully saturated rings. The van der Waals surface area contributed by atoms with Crippen LogP contribution in [0, 0.1) is 6.92 Å². The molecule has 0 saturated heterocycles. The lowest BCUT2D eigenvalue weighted by molar-refractivity contribution is 1.05. The van der Waals surface area contributed by atoms with Gasteiger partial charge in [0.25, 0.3) is 0 Å². The Labute approximate surface area is 111 Å². The summed E-state index contributed by atoms with van der Waals surface area (Å²) in [6.07, 6.45) is 0. The SMILES string of the molecule is Cc1ccc2sc(NCc3csc(=O)[nH]3)nc2c1. The molecule has 0 aliphatic rings. The zero-order chi connectivity index (χ0) is 12.5. The molecule has 0 aliphatic heterocycles. The van der Waals surface area contributed by atoms with E-state index in [0.29, 0.717) is 6.54 Å². The third-order valence-electron chi connectivity index (χ3n) is 2.54. The van der Waals surface area contributed by atoms with Gasteiger partial charge in [-0.2, -0.15) is 0 Å². The van der Waals surface area contributed by atoms with Gasteiger partial charge < -0.3 is 10.3 Å². The van der Waals surface area contributed by atoms with Crippen LogP contribution in [0.15, 0.2) is 28.4 Å². The zero-order valence-electron chi connectivity index (χ0n) is 9.69. The summed E-state index contributed by atoms with van der Waals surface area (Å²) in [6.45, 7) is 2.65. The van der Waals surface area contributed by atoms with E-state index in [1.807, 2.05) is 5.38 Å². The first-order valence-corrected chi connectivity index (χ1v) is 7.18. The summed E-state index contributed by atoms with van der Waals surface area (Å²) in [5.74, 6) is 0. The molecule has 92 valence electrons. The molecule has 0 atom stereocenters. The van der Waals surface area contributed by atoms with Crippen LogP contribution in [-0.2, 0) is 6.54 Å². The Balaban J connectivity index is 1.80. The third kappa shape index (κ3) is 2.30. The average Bonchev–Trinajstić information content (AvgIpc) is 2.92. The molecule has 1 aromatic carbocycles. The summed E-state index contributed by atoms with van der Waals surface area (Å²) in [4.78, 5) is 18.3. The van der Waals surface area contributed by atoms with Crippen molar-refractivity contribution in [1.29, 1.82) is 0 Å². The molecule has 6 heteroatoms. The normalized spacial score (nSPS) is 10.9. The molecule has 2 heterocycles. The minimum Gasteiger partial charge on any atom is -0.356 e. The first kappa shape index (κ1) is 11.4. The third-order valence-corrected chi connectivity index (χ3v) is 4.26. The van der Waals surface area contributed by atoms with Gasteiger partial charge in [-0.1, -0.05) is 28.7 Å². The molecule has 0 radical (unpaired) electrons. The lowest BCUT2D eigenvalue weighted by Gasteiger charge is -1.97. The summed E-state index contributed by atoms with van der Waals surface area (Å²) in [6, 6.07) is 6.24. The number of rotatable bonds is 3. The Kier molecular flexibility index (Phi) is 2.89. The molecular formula is C12H11N3OS2. The van der Waals surface area contributed by atoms with Crippen LogP contribution in [0.5, 0.6) is 0 Å². The summed E-state index contributed by atoms with van der Waals surface area (Å²) in [5.41, 5.74) is 3.11. The number of aromatic amines is 1. The highest BCUT2D eigenvalue weighted by molar-refractivity contribution is 7.22. The molecule has 0 aliphatic carbocycles. The molecule has 2 aromatic heterocycles. The number of fused-ring (bicyclic) bond motifs is 1. The lowest BCUT2D eigenvalue weighted by atomic mass is 10.2. The highest BCUT2D eigenvalue weighted by Crippen LogP contribution is 2.26. The van der Waals surface area contributed by atoms with E-state index in [2.05, 4.69) is 40.4 Å². The van der Waals surface area contributed by atoms with Gasteiger partial charge in [-0.15, -0.1) is 0 Å². The quantitative estimate of drug-likeness (QED) is 0.774. The van der Waals surface area contributed by atoms with Crippen LogP contribution in [0.2, 0.25) is 0 Å². The molecule has 3 aromatic rings. The fraction of sp³-hybridized carbons (Fsp3) is 0.167. The summed E-state index contributed by atoms with van der Waals surface area (Å²) < 4.78 is 1.17. The van der Waals surface area contributed by atoms with Crippen molar-refractivity contribution in [3.05, 3.63) is 44.5 Å². The van der Waals surface area contributed by atoms with Gasteiger partial charge in [0.2, 0.25) is 0 Å². The number of hydrogen-bond donors (Lipinski definition) is 2. The van der Waals surface area contributed by atoms with Gasteiger partial charge in [0.05, 0.1) is 16.8 Å². The number of aromatic nitrogens is 2. The number of thiazole rings is 2. The van der Waals surface area contributed by atoms with Crippen LogP contribution in [0.1, 0.15) is 11.3 Å². The van der Waals surface area contributed by atoms with E-state index >= 15 is 0 Å². The number of nitrogens with zero attached hydrogens (tertiary/aromatic N) is 1. The van der Waals surface area contributed by atoms with Crippen molar-refractivity contribution >= 4 is 38.0 Å². The number of benzene rings is 1. The molecule has 0 spiro atoms. The topological polar surface area (TPSA) is 57.8 Å². The lowest BCUT2D eigenvalue weighted by Crippen LogP contribution is -2.02. The zero-order valence-corrected chi connectivity index (χ0v) is 11.3. The van der Waals surface area contributed by atoms with Gasteiger partial charge in [0, 0.05) is 11.1 Å². The first-order valence-electron chi connectivity index (χ1n) is 5.48. The molecular weight excluding hydrogens is 266 g/mol. The van der Waals surface area contributed by atoms with E-state index in [1.165, 1.54) is 21.6 Å². The van der Waals surface area contributed by atoms with Crippen molar-refractivity contribution in [1.82, 2.24) is 9.97 Å². The molecule has 0 amide bonds. The van der Waals surface area contributed by atoms with Crippen LogP contribution in [0.4, 0.5) is 5.13 Å². The smallest absolute Gasteiger partial charge is 0.304 e. The number of anilines is 1. The van der Waals surface area contributed by atoms with Gasteiger partial charge in [-0.25, -0.2) is 4.98 Å². The predicted molar refractivity (Wildman–Crippen MR) is 76.6 cm³/mol. The monoisotopic (exact) mass is 277 g/mol. The van der Waals surface area contributed by atoms with Crippen molar-refractivity contribution in [3.8, 4) is 0 Å². The van der Waals surface area contributed by atoms with Crippen LogP contribution in [0.25, 0.3) is 10.2 Å². The molecule has 18 heavy (non-hydrogen) atoms. The van der Waals surface area contributed by atoms with E-state index in [1.54, 1.807) is 11.3 Å². The molecule has 0 unspecified atom stereocenters. The summed E-state index contributed by atoms with van der Waals surface area (Å²) >= 11 is 2.80. The van der Waals surface area contributed by atoms with Gasteiger partial charge in [-0.3, -0.25) is 4.79 Å². The van der Waals surface area contributed by atoms with Gasteiger partial charge in [0.15, 0.2) is 5.13 Å². The van der Waals surface area contributed by atoms with Crippen molar-refractivity contribution in [2.75, 3.05) is 5.32 Å². The maximum absolute atomic E-state index is 11.0. The Bertz CT molecular complexity index is 741. The fourth-order valence-electron chi connectivity index (χ4n) is 1.68. The maximum Gasteiger partial charge on any atom is 0.304 e. The Morgan fingerprint density at radius 1 is 1.44 bits per heavy atom. The van der Waals surface area contributed by atoms with Crippen LogP contribution in [0.3, 0.4) is 0 Å². The van der Waals surface area contributed by atoms with Crippen LogP contribution < -0.4 is 10.2 Å². The Morgan fingerprint density at radius 2 is 2.33 bits per heavy atom. The number of nitrogens with one attached hydrogen (secondary N) is 2. The van der Waals surface area contributed by atoms with E-state index in [4.69, 9.17) is 0 Å². The van der Waals surface area contributed by atoms with E-state index in [9.17, 15) is 4.79 Å². The molecule has 4 nitrogen and oxygen atoms in total. The van der Waals surface area contributed by atoms with Gasteiger partial charge >= 0.3 is 4.87 Å². The summed E-state index contributed by atoms with van der Waals surface area (Å²) in [7, 11) is 0. The number of aryl methyl sites for hydroxylation is 1. The second-order valence-corrected chi connectivity index (χ2v) is 5.89. The Morgan fingerprint density at radius 3 is 3.11 bits per heavy atom. The minimum atomic E-state index is -0.0216. The molecule has 0 bridgehead atoms. The standard InChI is InChI=1S/C12H11N3OS2/c1-7-2-3-10-9(4-7)15-11(18-10)13-5-8-6-17-12(16)14-8/h2-4,6H,5H2,1H3,(H,13,15)(H,14,16). The van der Waals surface area contributed by atoms with Crippen molar-refractivity contribution in [2.24, 2.45) is 0 Å². The van der Waals surface area contributed by atoms with Crippen LogP contribution in [-0.4, -0.2) is 9.97 Å². The van der Waals surface area contributed by atoms with E-state index < -0.39 is 0 Å². The minimum absolute atomic E-state index is 0.0216. The van der Waals surface area contributed by atoms with Crippen molar-refractivity contribution < 1.29 is 0 Å². The molecule has 3 rings (SSSR count). The van der Waals surface area contributed by atoms with E-state index in [-0.39, 0.29) is 4.87 Å². The molecule has 2 N–H and O–H groups in total. The number of hydrogen-bond acceptors (Lipinski definition) is 5. The largest absolute Gasteiger partial charge is 0.356 e. The highest BCUT2D eigenvalue weighted by atomic mass is 32.1. The van der Waals surface area contributed by atoms with Gasteiger partial charge in [0.1, 0.15) is 0 Å². The predicted octanol–water partition coefficient (Wildman–Crippen LogP) is 2.97. The second kappa shape index (κ2) is 4.55. The van der Waals surface area contributed by atoms with Gasteiger partial charge in [-0.05, 0) is 24.6 Å². The van der Waals surface area contributed by atoms with Crippen molar-refractivity contribution in [2.45, 2.75) is 13.5 Å². The number of H-pyrrole nitrogens is 1. The average molecular weight is 277 g/mol. The molecule has 0 saturated carbocycles. The van der Waals surface area contributed by atoms with Crippen LogP contribution >= 0.6 is 22.7 Å². The highest BCUT2D eigenvalue weighted by Gasteiger charge is 2.04. The second-order valence-electron chi connectivity index (χ2n) is 4.02. The van der Waals surface area contributed by atoms with E-state index in [0.717, 1.165) is 16.3 Å². The summed E-state index contributed by atoms with van der Waals surface area (Å²) in [5, 5.41) is 5.93. The first-order chi connectivity index (χ1) is 8.70. The fourth-order valence-corrected chi connectivity index (χ4v) is 3.11.